The van der Waals surface area contributed by atoms with E-state index < -0.39 is 0 Å². The lowest BCUT2D eigenvalue weighted by Crippen LogP contribution is -2.49. The van der Waals surface area contributed by atoms with Gasteiger partial charge >= 0.3 is 0 Å². The first kappa shape index (κ1) is 20.3. The maximum atomic E-state index is 11.9. The predicted molar refractivity (Wildman–Crippen MR) is 104 cm³/mol. The monoisotopic (exact) mass is 381 g/mol. The summed E-state index contributed by atoms with van der Waals surface area (Å²) < 4.78 is 15.8. The number of benzene rings is 1. The lowest BCUT2D eigenvalue weighted by molar-refractivity contribution is -0.124. The number of nitrogens with one attached hydrogen (secondary N) is 2. The highest BCUT2D eigenvalue weighted by Crippen LogP contribution is 2.37. The second kappa shape index (κ2) is 9.59. The summed E-state index contributed by atoms with van der Waals surface area (Å²) in [6, 6.07) is 3.89. The van der Waals surface area contributed by atoms with E-state index in [0.29, 0.717) is 23.2 Å². The van der Waals surface area contributed by atoms with Gasteiger partial charge in [-0.05, 0) is 48.8 Å². The highest BCUT2D eigenvalue weighted by atomic mass is 32.1. The molecule has 26 heavy (non-hydrogen) atoms. The van der Waals surface area contributed by atoms with Crippen LogP contribution < -0.4 is 20.1 Å². The second-order valence-electron chi connectivity index (χ2n) is 5.94. The van der Waals surface area contributed by atoms with Gasteiger partial charge in [0.1, 0.15) is 6.61 Å². The molecule has 7 nitrogen and oxygen atoms in total. The number of thiocarbonyl (C=S) groups is 1. The Hall–Kier alpha value is -2.06. The molecule has 0 unspecified atom stereocenters. The van der Waals surface area contributed by atoms with Crippen molar-refractivity contribution in [1.29, 1.82) is 0 Å². The molecule has 1 aromatic carbocycles. The number of fused-ring (bicyclic) bond motifs is 1. The summed E-state index contributed by atoms with van der Waals surface area (Å²) in [7, 11) is 4.74. The maximum absolute atomic E-state index is 11.9. The van der Waals surface area contributed by atoms with Crippen LogP contribution in [0.1, 0.15) is 24.1 Å². The quantitative estimate of drug-likeness (QED) is 0.689. The lowest BCUT2D eigenvalue weighted by Gasteiger charge is -2.39. The molecule has 2 N–H and O–H groups in total. The van der Waals surface area contributed by atoms with Gasteiger partial charge in [0.2, 0.25) is 5.91 Å². The molecular formula is C18H27N3O4S. The molecule has 0 fully saturated rings. The van der Waals surface area contributed by atoms with Crippen molar-refractivity contribution >= 4 is 23.2 Å². The largest absolute Gasteiger partial charge is 0.493 e. The minimum atomic E-state index is -0.158. The summed E-state index contributed by atoms with van der Waals surface area (Å²) in [5, 5.41) is 6.81. The van der Waals surface area contributed by atoms with E-state index in [0.717, 1.165) is 25.1 Å². The van der Waals surface area contributed by atoms with Gasteiger partial charge < -0.3 is 29.7 Å². The van der Waals surface area contributed by atoms with Crippen LogP contribution in [-0.4, -0.2) is 63.5 Å². The van der Waals surface area contributed by atoms with Gasteiger partial charge in [0, 0.05) is 26.7 Å². The Morgan fingerprint density at radius 1 is 1.23 bits per heavy atom. The third-order valence-electron chi connectivity index (χ3n) is 4.36. The van der Waals surface area contributed by atoms with E-state index in [2.05, 4.69) is 15.5 Å². The van der Waals surface area contributed by atoms with E-state index in [1.165, 1.54) is 12.7 Å². The van der Waals surface area contributed by atoms with Crippen molar-refractivity contribution in [3.8, 4) is 11.5 Å². The molecule has 0 aromatic heterocycles. The molecule has 1 heterocycles. The molecule has 144 valence electrons. The average molecular weight is 381 g/mol. The van der Waals surface area contributed by atoms with Gasteiger partial charge in [0.05, 0.1) is 20.3 Å². The first-order valence-electron chi connectivity index (χ1n) is 8.60. The van der Waals surface area contributed by atoms with Crippen LogP contribution >= 0.6 is 12.2 Å². The smallest absolute Gasteiger partial charge is 0.246 e. The van der Waals surface area contributed by atoms with Crippen molar-refractivity contribution in [2.75, 3.05) is 47.6 Å². The van der Waals surface area contributed by atoms with Crippen LogP contribution in [0.15, 0.2) is 12.1 Å². The van der Waals surface area contributed by atoms with Gasteiger partial charge in [-0.15, -0.1) is 0 Å². The number of carbonyl (C=O) groups excluding carboxylic acids is 1. The van der Waals surface area contributed by atoms with E-state index in [9.17, 15) is 4.79 Å². The zero-order valence-electron chi connectivity index (χ0n) is 15.8. The van der Waals surface area contributed by atoms with E-state index in [4.69, 9.17) is 26.4 Å². The van der Waals surface area contributed by atoms with Crippen LogP contribution in [0.3, 0.4) is 0 Å². The Bertz CT molecular complexity index is 654. The SMILES string of the molecule is CCNC(=S)N1CCc2cc(OC)c(OC)cc2[C@H]1CNC(=O)COC. The Balaban J connectivity index is 2.35. The number of ether oxygens (including phenoxy) is 3. The van der Waals surface area contributed by atoms with Crippen LogP contribution in [-0.2, 0) is 16.0 Å². The lowest BCUT2D eigenvalue weighted by atomic mass is 9.92. The number of nitrogens with zero attached hydrogens (tertiary/aromatic N) is 1. The molecule has 2 rings (SSSR count). The first-order chi connectivity index (χ1) is 12.5. The molecule has 0 spiro atoms. The van der Waals surface area contributed by atoms with Crippen molar-refractivity contribution in [2.24, 2.45) is 0 Å². The number of rotatable bonds is 7. The minimum absolute atomic E-state index is 0.0309. The summed E-state index contributed by atoms with van der Waals surface area (Å²) in [4.78, 5) is 14.0. The molecule has 1 aliphatic heterocycles. The van der Waals surface area contributed by atoms with Crippen molar-refractivity contribution in [2.45, 2.75) is 19.4 Å². The van der Waals surface area contributed by atoms with Crippen molar-refractivity contribution in [3.05, 3.63) is 23.3 Å². The number of hydrogen-bond donors (Lipinski definition) is 2. The minimum Gasteiger partial charge on any atom is -0.493 e. The average Bonchev–Trinajstić information content (AvgIpc) is 2.65. The molecule has 0 saturated carbocycles. The summed E-state index contributed by atoms with van der Waals surface area (Å²) in [5.74, 6) is 1.21. The molecule has 0 radical (unpaired) electrons. The molecular weight excluding hydrogens is 354 g/mol. The number of amides is 1. The number of hydrogen-bond acceptors (Lipinski definition) is 5. The van der Waals surface area contributed by atoms with Crippen molar-refractivity contribution in [3.63, 3.8) is 0 Å². The third kappa shape index (κ3) is 4.56. The number of carbonyl (C=O) groups is 1. The predicted octanol–water partition coefficient (Wildman–Crippen LogP) is 1.26. The van der Waals surface area contributed by atoms with Gasteiger partial charge in [0.15, 0.2) is 16.6 Å². The fourth-order valence-electron chi connectivity index (χ4n) is 3.14. The van der Waals surface area contributed by atoms with Gasteiger partial charge in [-0.25, -0.2) is 0 Å². The summed E-state index contributed by atoms with van der Waals surface area (Å²) >= 11 is 5.54. The molecule has 1 aromatic rings. The zero-order valence-corrected chi connectivity index (χ0v) is 16.6. The Morgan fingerprint density at radius 2 is 1.92 bits per heavy atom. The normalized spacial score (nSPS) is 15.8. The van der Waals surface area contributed by atoms with E-state index in [1.807, 2.05) is 19.1 Å². The number of methoxy groups -OCH3 is 3. The van der Waals surface area contributed by atoms with Gasteiger partial charge in [0.25, 0.3) is 0 Å². The fourth-order valence-corrected chi connectivity index (χ4v) is 3.50. The van der Waals surface area contributed by atoms with Gasteiger partial charge in [-0.1, -0.05) is 0 Å². The summed E-state index contributed by atoms with van der Waals surface area (Å²) in [5.41, 5.74) is 2.25. The van der Waals surface area contributed by atoms with E-state index >= 15 is 0 Å². The maximum Gasteiger partial charge on any atom is 0.246 e. The highest BCUT2D eigenvalue weighted by Gasteiger charge is 2.30. The molecule has 0 saturated heterocycles. The first-order valence-corrected chi connectivity index (χ1v) is 9.01. The molecule has 8 heteroatoms. The van der Waals surface area contributed by atoms with Gasteiger partial charge in [-0.2, -0.15) is 0 Å². The van der Waals surface area contributed by atoms with Crippen LogP contribution in [0.2, 0.25) is 0 Å². The van der Waals surface area contributed by atoms with Crippen LogP contribution in [0.5, 0.6) is 11.5 Å². The molecule has 1 atom stereocenters. The Morgan fingerprint density at radius 3 is 2.54 bits per heavy atom. The Kier molecular flexibility index (Phi) is 7.47. The highest BCUT2D eigenvalue weighted by molar-refractivity contribution is 7.80. The molecule has 0 bridgehead atoms. The summed E-state index contributed by atoms with van der Waals surface area (Å²) in [6.07, 6.45) is 0.837. The second-order valence-corrected chi connectivity index (χ2v) is 6.32. The standard InChI is InChI=1S/C18H27N3O4S/c1-5-19-18(26)21-7-6-12-8-15(24-3)16(25-4)9-13(12)14(21)10-20-17(22)11-23-2/h8-9,14H,5-7,10-11H2,1-4H3,(H,19,26)(H,20,22)/t14-/m1/s1. The van der Waals surface area contributed by atoms with E-state index in [1.54, 1.807) is 14.2 Å². The van der Waals surface area contributed by atoms with Crippen molar-refractivity contribution < 1.29 is 19.0 Å². The van der Waals surface area contributed by atoms with Crippen LogP contribution in [0.25, 0.3) is 0 Å². The Labute approximate surface area is 160 Å². The molecule has 1 amide bonds. The topological polar surface area (TPSA) is 72.1 Å². The summed E-state index contributed by atoms with van der Waals surface area (Å²) in [6.45, 7) is 3.98. The van der Waals surface area contributed by atoms with Crippen LogP contribution in [0.4, 0.5) is 0 Å². The zero-order chi connectivity index (χ0) is 19.1. The van der Waals surface area contributed by atoms with E-state index in [-0.39, 0.29) is 18.6 Å². The van der Waals surface area contributed by atoms with Gasteiger partial charge in [-0.3, -0.25) is 4.79 Å². The third-order valence-corrected chi connectivity index (χ3v) is 4.74. The molecule has 1 aliphatic rings. The molecule has 0 aliphatic carbocycles. The van der Waals surface area contributed by atoms with Crippen molar-refractivity contribution in [1.82, 2.24) is 15.5 Å². The van der Waals surface area contributed by atoms with Crippen LogP contribution in [0, 0.1) is 0 Å². The fraction of sp³-hybridized carbons (Fsp3) is 0.556.